The van der Waals surface area contributed by atoms with Gasteiger partial charge in [-0.15, -0.1) is 0 Å². The SMILES string of the molecule is CCC1(NS(=O)(=O)c2ccc(CCCO)cc2)CCC1. The molecule has 2 N–H and O–H groups in total. The lowest BCUT2D eigenvalue weighted by Gasteiger charge is -2.41. The molecule has 0 radical (unpaired) electrons. The van der Waals surface area contributed by atoms with Crippen LogP contribution >= 0.6 is 0 Å². The number of aryl methyl sites for hydroxylation is 1. The van der Waals surface area contributed by atoms with Gasteiger partial charge in [-0.1, -0.05) is 19.1 Å². The number of benzene rings is 1. The summed E-state index contributed by atoms with van der Waals surface area (Å²) in [5.74, 6) is 0. The maximum absolute atomic E-state index is 12.4. The van der Waals surface area contributed by atoms with Crippen molar-refractivity contribution in [2.75, 3.05) is 6.61 Å². The summed E-state index contributed by atoms with van der Waals surface area (Å²) in [5, 5.41) is 8.79. The molecule has 1 aliphatic carbocycles. The lowest BCUT2D eigenvalue weighted by atomic mass is 9.76. The Bertz CT molecular complexity index is 527. The van der Waals surface area contributed by atoms with E-state index in [-0.39, 0.29) is 12.1 Å². The van der Waals surface area contributed by atoms with Gasteiger partial charge in [0.1, 0.15) is 0 Å². The molecule has 0 amide bonds. The van der Waals surface area contributed by atoms with E-state index in [0.29, 0.717) is 11.3 Å². The average Bonchev–Trinajstić information content (AvgIpc) is 2.41. The molecular weight excluding hydrogens is 274 g/mol. The third-order valence-electron chi connectivity index (χ3n) is 4.20. The first kappa shape index (κ1) is 15.5. The van der Waals surface area contributed by atoms with Crippen molar-refractivity contribution in [1.82, 2.24) is 4.72 Å². The van der Waals surface area contributed by atoms with Crippen molar-refractivity contribution in [3.63, 3.8) is 0 Å². The van der Waals surface area contributed by atoms with Gasteiger partial charge in [-0.2, -0.15) is 0 Å². The first-order chi connectivity index (χ1) is 9.51. The molecule has 0 unspecified atom stereocenters. The van der Waals surface area contributed by atoms with Crippen molar-refractivity contribution in [1.29, 1.82) is 0 Å². The van der Waals surface area contributed by atoms with Gasteiger partial charge in [0.25, 0.3) is 0 Å². The molecule has 0 heterocycles. The largest absolute Gasteiger partial charge is 0.396 e. The van der Waals surface area contributed by atoms with Crippen molar-refractivity contribution in [3.8, 4) is 0 Å². The Labute approximate surface area is 121 Å². The van der Waals surface area contributed by atoms with Crippen LogP contribution in [0.4, 0.5) is 0 Å². The van der Waals surface area contributed by atoms with Crippen molar-refractivity contribution in [2.45, 2.75) is 55.9 Å². The molecule has 2 rings (SSSR count). The highest BCUT2D eigenvalue weighted by Crippen LogP contribution is 2.36. The maximum Gasteiger partial charge on any atom is 0.241 e. The van der Waals surface area contributed by atoms with Crippen LogP contribution in [0.25, 0.3) is 0 Å². The highest BCUT2D eigenvalue weighted by molar-refractivity contribution is 7.89. The number of rotatable bonds is 7. The van der Waals surface area contributed by atoms with Crippen LogP contribution in [0.15, 0.2) is 29.2 Å². The predicted molar refractivity (Wildman–Crippen MR) is 79.0 cm³/mol. The Morgan fingerprint density at radius 1 is 1.25 bits per heavy atom. The summed E-state index contributed by atoms with van der Waals surface area (Å²) in [6.07, 6.45) is 5.25. The summed E-state index contributed by atoms with van der Waals surface area (Å²) in [6.45, 7) is 2.18. The van der Waals surface area contributed by atoms with Crippen LogP contribution in [-0.4, -0.2) is 25.7 Å². The number of aliphatic hydroxyl groups excluding tert-OH is 1. The number of hydrogen-bond donors (Lipinski definition) is 2. The van der Waals surface area contributed by atoms with E-state index in [1.807, 2.05) is 19.1 Å². The van der Waals surface area contributed by atoms with E-state index < -0.39 is 10.0 Å². The van der Waals surface area contributed by atoms with Gasteiger partial charge >= 0.3 is 0 Å². The quantitative estimate of drug-likeness (QED) is 0.811. The number of hydrogen-bond acceptors (Lipinski definition) is 3. The first-order valence-corrected chi connectivity index (χ1v) is 8.73. The summed E-state index contributed by atoms with van der Waals surface area (Å²) in [7, 11) is -3.43. The fourth-order valence-corrected chi connectivity index (χ4v) is 4.12. The lowest BCUT2D eigenvalue weighted by molar-refractivity contribution is 0.214. The number of sulfonamides is 1. The van der Waals surface area contributed by atoms with Gasteiger partial charge in [-0.25, -0.2) is 13.1 Å². The normalized spacial score (nSPS) is 17.7. The molecule has 1 aromatic carbocycles. The Morgan fingerprint density at radius 2 is 1.90 bits per heavy atom. The smallest absolute Gasteiger partial charge is 0.241 e. The Morgan fingerprint density at radius 3 is 2.35 bits per heavy atom. The van der Waals surface area contributed by atoms with Crippen molar-refractivity contribution >= 4 is 10.0 Å². The minimum Gasteiger partial charge on any atom is -0.396 e. The van der Waals surface area contributed by atoms with Crippen LogP contribution in [0.3, 0.4) is 0 Å². The molecule has 5 heteroatoms. The Balaban J connectivity index is 2.09. The van der Waals surface area contributed by atoms with Crippen LogP contribution in [0.2, 0.25) is 0 Å². The molecule has 20 heavy (non-hydrogen) atoms. The zero-order valence-electron chi connectivity index (χ0n) is 11.9. The monoisotopic (exact) mass is 297 g/mol. The van der Waals surface area contributed by atoms with Crippen LogP contribution < -0.4 is 4.72 Å². The summed E-state index contributed by atoms with van der Waals surface area (Å²) >= 11 is 0. The summed E-state index contributed by atoms with van der Waals surface area (Å²) in [4.78, 5) is 0.324. The minimum atomic E-state index is -3.43. The van der Waals surface area contributed by atoms with Crippen LogP contribution in [0, 0.1) is 0 Å². The molecule has 1 aromatic rings. The molecule has 0 aromatic heterocycles. The zero-order valence-corrected chi connectivity index (χ0v) is 12.7. The molecule has 1 saturated carbocycles. The van der Waals surface area contributed by atoms with E-state index in [1.165, 1.54) is 0 Å². The fourth-order valence-electron chi connectivity index (χ4n) is 2.59. The van der Waals surface area contributed by atoms with Gasteiger partial charge in [0.05, 0.1) is 4.90 Å². The van der Waals surface area contributed by atoms with Crippen molar-refractivity contribution in [3.05, 3.63) is 29.8 Å². The van der Waals surface area contributed by atoms with Crippen LogP contribution in [0.1, 0.15) is 44.6 Å². The minimum absolute atomic E-state index is 0.153. The molecule has 0 bridgehead atoms. The summed E-state index contributed by atoms with van der Waals surface area (Å²) in [6, 6.07) is 6.95. The van der Waals surface area contributed by atoms with Gasteiger partial charge in [0, 0.05) is 12.1 Å². The summed E-state index contributed by atoms with van der Waals surface area (Å²) < 4.78 is 27.6. The third kappa shape index (κ3) is 3.40. The molecule has 112 valence electrons. The van der Waals surface area contributed by atoms with E-state index in [1.54, 1.807) is 12.1 Å². The maximum atomic E-state index is 12.4. The van der Waals surface area contributed by atoms with Crippen molar-refractivity contribution < 1.29 is 13.5 Å². The number of nitrogens with one attached hydrogen (secondary N) is 1. The van der Waals surface area contributed by atoms with Crippen molar-refractivity contribution in [2.24, 2.45) is 0 Å². The number of aliphatic hydroxyl groups is 1. The standard InChI is InChI=1S/C15H23NO3S/c1-2-15(10-4-11-15)16-20(18,19)14-8-6-13(7-9-14)5-3-12-17/h6-9,16-17H,2-5,10-12H2,1H3. The predicted octanol–water partition coefficient (Wildman–Crippen LogP) is 2.22. The second kappa shape index (κ2) is 6.24. The molecule has 1 fully saturated rings. The van der Waals surface area contributed by atoms with E-state index >= 15 is 0 Å². The van der Waals surface area contributed by atoms with E-state index in [0.717, 1.165) is 37.7 Å². The average molecular weight is 297 g/mol. The molecule has 0 saturated heterocycles. The molecule has 0 atom stereocenters. The third-order valence-corrected chi connectivity index (χ3v) is 5.79. The van der Waals surface area contributed by atoms with Gasteiger partial charge < -0.3 is 5.11 Å². The fraction of sp³-hybridized carbons (Fsp3) is 0.600. The van der Waals surface area contributed by atoms with E-state index in [4.69, 9.17) is 5.11 Å². The highest BCUT2D eigenvalue weighted by Gasteiger charge is 2.38. The highest BCUT2D eigenvalue weighted by atomic mass is 32.2. The topological polar surface area (TPSA) is 66.4 Å². The van der Waals surface area contributed by atoms with E-state index in [2.05, 4.69) is 4.72 Å². The second-order valence-corrected chi connectivity index (χ2v) is 7.25. The van der Waals surface area contributed by atoms with Gasteiger partial charge in [0.2, 0.25) is 10.0 Å². The summed E-state index contributed by atoms with van der Waals surface area (Å²) in [5.41, 5.74) is 0.820. The Kier molecular flexibility index (Phi) is 4.83. The molecule has 1 aliphatic rings. The van der Waals surface area contributed by atoms with E-state index in [9.17, 15) is 8.42 Å². The van der Waals surface area contributed by atoms with Crippen LogP contribution in [-0.2, 0) is 16.4 Å². The molecule has 0 spiro atoms. The lowest BCUT2D eigenvalue weighted by Crippen LogP contribution is -2.52. The van der Waals surface area contributed by atoms with Gasteiger partial charge in [0.15, 0.2) is 0 Å². The molecule has 0 aliphatic heterocycles. The molecular formula is C15H23NO3S. The van der Waals surface area contributed by atoms with Gasteiger partial charge in [-0.3, -0.25) is 0 Å². The first-order valence-electron chi connectivity index (χ1n) is 7.25. The second-order valence-electron chi connectivity index (χ2n) is 5.56. The van der Waals surface area contributed by atoms with Crippen LogP contribution in [0.5, 0.6) is 0 Å². The van der Waals surface area contributed by atoms with Gasteiger partial charge in [-0.05, 0) is 56.2 Å². The zero-order chi connectivity index (χ0) is 14.6. The molecule has 4 nitrogen and oxygen atoms in total. The Hall–Kier alpha value is -0.910.